The summed E-state index contributed by atoms with van der Waals surface area (Å²) in [5.41, 5.74) is 12.2. The minimum absolute atomic E-state index is 0.570. The van der Waals surface area contributed by atoms with Crippen LogP contribution < -0.4 is 0 Å². The maximum atomic E-state index is 5.27. The second-order valence-electron chi connectivity index (χ2n) is 14.1. The van der Waals surface area contributed by atoms with Crippen LogP contribution in [0.2, 0.25) is 0 Å². The summed E-state index contributed by atoms with van der Waals surface area (Å²) in [6.45, 7) is 0. The molecule has 0 bridgehead atoms. The van der Waals surface area contributed by atoms with Crippen LogP contribution in [0.5, 0.6) is 0 Å². The van der Waals surface area contributed by atoms with Gasteiger partial charge in [-0.05, 0) is 63.7 Å². The van der Waals surface area contributed by atoms with Crippen molar-refractivity contribution < 1.29 is 0 Å². The van der Waals surface area contributed by atoms with Gasteiger partial charge in [0.1, 0.15) is 0 Å². The Balaban J connectivity index is 1.03. The van der Waals surface area contributed by atoms with Crippen molar-refractivity contribution in [1.29, 1.82) is 0 Å². The summed E-state index contributed by atoms with van der Waals surface area (Å²) in [4.78, 5) is 15.7. The molecule has 0 radical (unpaired) electrons. The van der Waals surface area contributed by atoms with E-state index in [-0.39, 0.29) is 0 Å². The van der Waals surface area contributed by atoms with Gasteiger partial charge in [-0.15, -0.1) is 0 Å². The van der Waals surface area contributed by atoms with Crippen molar-refractivity contribution in [3.8, 4) is 56.7 Å². The molecule has 0 saturated carbocycles. The molecule has 0 aliphatic carbocycles. The summed E-state index contributed by atoms with van der Waals surface area (Å²) >= 11 is 0. The standard InChI is InChI=1S/C51H33N5/c1-2-13-34(14-3-1)39-15-12-16-40(33-39)37-27-25-35(26-28-37)36-29-31-38(32-30-36)49-52-50(55-45-21-8-4-17-41(45)42-18-5-9-22-46(42)55)54-51(53-49)56-47-23-10-6-19-43(47)44-20-7-11-24-48(44)56/h1-33H. The van der Waals surface area contributed by atoms with Crippen LogP contribution in [0, 0.1) is 0 Å². The van der Waals surface area contributed by atoms with Crippen LogP contribution in [0.25, 0.3) is 100 Å². The number of fused-ring (bicyclic) bond motifs is 6. The SMILES string of the molecule is c1ccc(-c2cccc(-c3ccc(-c4ccc(-c5nc(-n6c7ccccc7c7ccccc76)nc(-n6c7ccccc7c7ccccc76)n5)cc4)cc3)c2)cc1. The lowest BCUT2D eigenvalue weighted by molar-refractivity contribution is 0.893. The van der Waals surface area contributed by atoms with Gasteiger partial charge in [0.15, 0.2) is 5.82 Å². The fourth-order valence-corrected chi connectivity index (χ4v) is 8.13. The lowest BCUT2D eigenvalue weighted by Gasteiger charge is -2.13. The maximum absolute atomic E-state index is 5.27. The molecule has 3 heterocycles. The van der Waals surface area contributed by atoms with E-state index < -0.39 is 0 Å². The zero-order chi connectivity index (χ0) is 37.0. The Morgan fingerprint density at radius 2 is 0.571 bits per heavy atom. The van der Waals surface area contributed by atoms with E-state index in [1.165, 1.54) is 22.3 Å². The van der Waals surface area contributed by atoms with E-state index in [0.29, 0.717) is 17.7 Å². The van der Waals surface area contributed by atoms with Crippen LogP contribution in [-0.4, -0.2) is 24.1 Å². The van der Waals surface area contributed by atoms with Crippen molar-refractivity contribution in [3.63, 3.8) is 0 Å². The first-order chi connectivity index (χ1) is 27.8. The number of hydrogen-bond donors (Lipinski definition) is 0. The minimum Gasteiger partial charge on any atom is -0.278 e. The molecular formula is C51H33N5. The molecule has 3 aromatic heterocycles. The van der Waals surface area contributed by atoms with Crippen LogP contribution in [0.3, 0.4) is 0 Å². The Labute approximate surface area is 323 Å². The number of nitrogens with zero attached hydrogens (tertiary/aromatic N) is 5. The Kier molecular flexibility index (Phi) is 7.42. The van der Waals surface area contributed by atoms with E-state index >= 15 is 0 Å². The summed E-state index contributed by atoms with van der Waals surface area (Å²) in [7, 11) is 0. The highest BCUT2D eigenvalue weighted by Crippen LogP contribution is 2.35. The smallest absolute Gasteiger partial charge is 0.240 e. The van der Waals surface area contributed by atoms with Gasteiger partial charge in [0, 0.05) is 27.1 Å². The third-order valence-corrected chi connectivity index (χ3v) is 10.8. The summed E-state index contributed by atoms with van der Waals surface area (Å²) in [5, 5.41) is 4.62. The first-order valence-corrected chi connectivity index (χ1v) is 18.9. The minimum atomic E-state index is 0.570. The number of benzene rings is 8. The van der Waals surface area contributed by atoms with Gasteiger partial charge in [0.05, 0.1) is 22.1 Å². The second-order valence-corrected chi connectivity index (χ2v) is 14.1. The van der Waals surface area contributed by atoms with Crippen molar-refractivity contribution in [3.05, 3.63) is 200 Å². The maximum Gasteiger partial charge on any atom is 0.240 e. The molecule has 0 fully saturated rings. The molecule has 11 aromatic rings. The Morgan fingerprint density at radius 1 is 0.250 bits per heavy atom. The predicted molar refractivity (Wildman–Crippen MR) is 230 cm³/mol. The summed E-state index contributed by atoms with van der Waals surface area (Å²) in [6, 6.07) is 70.4. The average molecular weight is 716 g/mol. The molecule has 0 saturated heterocycles. The van der Waals surface area contributed by atoms with Gasteiger partial charge >= 0.3 is 0 Å². The van der Waals surface area contributed by atoms with Crippen molar-refractivity contribution in [2.75, 3.05) is 0 Å². The number of rotatable bonds is 6. The Morgan fingerprint density at radius 3 is 1.00 bits per heavy atom. The Bertz CT molecular complexity index is 2990. The number of hydrogen-bond acceptors (Lipinski definition) is 3. The van der Waals surface area contributed by atoms with Crippen LogP contribution in [-0.2, 0) is 0 Å². The van der Waals surface area contributed by atoms with Crippen molar-refractivity contribution in [1.82, 2.24) is 24.1 Å². The average Bonchev–Trinajstić information content (AvgIpc) is 3.80. The lowest BCUT2D eigenvalue weighted by atomic mass is 9.97. The molecule has 0 unspecified atom stereocenters. The molecule has 11 rings (SSSR count). The highest BCUT2D eigenvalue weighted by atomic mass is 15.3. The van der Waals surface area contributed by atoms with Gasteiger partial charge in [0.25, 0.3) is 0 Å². The molecule has 0 N–H and O–H groups in total. The summed E-state index contributed by atoms with van der Waals surface area (Å²) in [5.74, 6) is 1.74. The second kappa shape index (κ2) is 13.0. The van der Waals surface area contributed by atoms with Crippen molar-refractivity contribution in [2.24, 2.45) is 0 Å². The number of para-hydroxylation sites is 4. The molecule has 5 nitrogen and oxygen atoms in total. The van der Waals surface area contributed by atoms with Crippen molar-refractivity contribution >= 4 is 43.6 Å². The monoisotopic (exact) mass is 715 g/mol. The molecule has 0 spiro atoms. The number of aromatic nitrogens is 5. The fraction of sp³-hybridized carbons (Fsp3) is 0. The van der Waals surface area contributed by atoms with E-state index in [1.54, 1.807) is 0 Å². The third kappa shape index (κ3) is 5.29. The molecule has 262 valence electrons. The zero-order valence-electron chi connectivity index (χ0n) is 30.3. The molecule has 5 heteroatoms. The molecule has 0 aliphatic rings. The van der Waals surface area contributed by atoms with Gasteiger partial charge in [-0.25, -0.2) is 0 Å². The topological polar surface area (TPSA) is 48.5 Å². The van der Waals surface area contributed by atoms with Crippen LogP contribution >= 0.6 is 0 Å². The molecule has 8 aromatic carbocycles. The summed E-state index contributed by atoms with van der Waals surface area (Å²) < 4.78 is 4.33. The molecule has 0 amide bonds. The largest absolute Gasteiger partial charge is 0.278 e. The quantitative estimate of drug-likeness (QED) is 0.172. The first kappa shape index (κ1) is 31.9. The molecule has 56 heavy (non-hydrogen) atoms. The molecule has 0 aliphatic heterocycles. The van der Waals surface area contributed by atoms with Gasteiger partial charge in [0.2, 0.25) is 11.9 Å². The molecule has 0 atom stereocenters. The van der Waals surface area contributed by atoms with E-state index in [2.05, 4.69) is 209 Å². The van der Waals surface area contributed by atoms with E-state index in [0.717, 1.165) is 60.3 Å². The first-order valence-electron chi connectivity index (χ1n) is 18.9. The third-order valence-electron chi connectivity index (χ3n) is 10.8. The molecular weight excluding hydrogens is 683 g/mol. The van der Waals surface area contributed by atoms with Gasteiger partial charge in [-0.3, -0.25) is 9.13 Å². The van der Waals surface area contributed by atoms with Crippen LogP contribution in [0.4, 0.5) is 0 Å². The van der Waals surface area contributed by atoms with Crippen LogP contribution in [0.1, 0.15) is 0 Å². The fourth-order valence-electron chi connectivity index (χ4n) is 8.13. The van der Waals surface area contributed by atoms with E-state index in [4.69, 9.17) is 15.0 Å². The summed E-state index contributed by atoms with van der Waals surface area (Å²) in [6.07, 6.45) is 0. The van der Waals surface area contributed by atoms with Crippen LogP contribution in [0.15, 0.2) is 200 Å². The van der Waals surface area contributed by atoms with Gasteiger partial charge < -0.3 is 0 Å². The van der Waals surface area contributed by atoms with E-state index in [1.807, 2.05) is 0 Å². The highest BCUT2D eigenvalue weighted by molar-refractivity contribution is 6.10. The normalized spacial score (nSPS) is 11.6. The zero-order valence-corrected chi connectivity index (χ0v) is 30.3. The van der Waals surface area contributed by atoms with Gasteiger partial charge in [-0.1, -0.05) is 170 Å². The van der Waals surface area contributed by atoms with Crippen molar-refractivity contribution in [2.45, 2.75) is 0 Å². The Hall–Kier alpha value is -7.63. The highest BCUT2D eigenvalue weighted by Gasteiger charge is 2.20. The van der Waals surface area contributed by atoms with Gasteiger partial charge in [-0.2, -0.15) is 15.0 Å². The lowest BCUT2D eigenvalue weighted by Crippen LogP contribution is -2.10. The predicted octanol–water partition coefficient (Wildman–Crippen LogP) is 12.7. The van der Waals surface area contributed by atoms with E-state index in [9.17, 15) is 0 Å².